The molecule has 0 radical (unpaired) electrons. The number of nitrogens with one attached hydrogen (secondary N) is 1. The molecule has 2 rings (SSSR count). The molecule has 102 valence electrons. The van der Waals surface area contributed by atoms with E-state index in [0.717, 1.165) is 11.1 Å². The highest BCUT2D eigenvalue weighted by Crippen LogP contribution is 2.10. The molecule has 0 unspecified atom stereocenters. The van der Waals surface area contributed by atoms with Gasteiger partial charge in [0.05, 0.1) is 6.42 Å². The van der Waals surface area contributed by atoms with Gasteiger partial charge in [0.25, 0.3) is 0 Å². The fraction of sp³-hybridized carbons (Fsp3) is 0.0667. The molecular formula is C15H13FN2OS. The molecule has 20 heavy (non-hydrogen) atoms. The van der Waals surface area contributed by atoms with E-state index in [9.17, 15) is 9.18 Å². The summed E-state index contributed by atoms with van der Waals surface area (Å²) < 4.78 is 12.7. The molecule has 0 saturated carbocycles. The molecule has 0 spiro atoms. The second-order valence-electron chi connectivity index (χ2n) is 4.29. The highest BCUT2D eigenvalue weighted by Gasteiger charge is 2.05. The number of hydrogen-bond acceptors (Lipinski definition) is 2. The zero-order valence-electron chi connectivity index (χ0n) is 10.6. The average molecular weight is 288 g/mol. The van der Waals surface area contributed by atoms with E-state index in [1.165, 1.54) is 24.3 Å². The summed E-state index contributed by atoms with van der Waals surface area (Å²) >= 11 is 4.86. The van der Waals surface area contributed by atoms with Crippen molar-refractivity contribution in [1.82, 2.24) is 0 Å². The monoisotopic (exact) mass is 288 g/mol. The van der Waals surface area contributed by atoms with Crippen LogP contribution in [0, 0.1) is 5.82 Å². The van der Waals surface area contributed by atoms with Crippen LogP contribution in [0.2, 0.25) is 0 Å². The number of carbonyl (C=O) groups excluding carboxylic acids is 1. The quantitative estimate of drug-likeness (QED) is 0.850. The second-order valence-corrected chi connectivity index (χ2v) is 4.73. The van der Waals surface area contributed by atoms with Gasteiger partial charge in [0.1, 0.15) is 10.8 Å². The molecule has 0 fully saturated rings. The zero-order chi connectivity index (χ0) is 14.5. The molecule has 0 saturated heterocycles. The molecule has 2 aromatic rings. The van der Waals surface area contributed by atoms with Crippen LogP contribution in [-0.4, -0.2) is 10.9 Å². The maximum atomic E-state index is 12.7. The van der Waals surface area contributed by atoms with Crippen LogP contribution in [0.4, 0.5) is 10.1 Å². The lowest BCUT2D eigenvalue weighted by Crippen LogP contribution is -2.14. The lowest BCUT2D eigenvalue weighted by atomic mass is 10.1. The number of nitrogens with two attached hydrogens (primary N) is 1. The maximum absolute atomic E-state index is 12.7. The van der Waals surface area contributed by atoms with E-state index >= 15 is 0 Å². The number of hydrogen-bond donors (Lipinski definition) is 2. The van der Waals surface area contributed by atoms with Crippen molar-refractivity contribution < 1.29 is 9.18 Å². The predicted molar refractivity (Wildman–Crippen MR) is 81.1 cm³/mol. The Kier molecular flexibility index (Phi) is 4.42. The minimum absolute atomic E-state index is 0.167. The van der Waals surface area contributed by atoms with Gasteiger partial charge in [-0.2, -0.15) is 0 Å². The van der Waals surface area contributed by atoms with E-state index in [1.807, 2.05) is 0 Å². The first-order valence-electron chi connectivity index (χ1n) is 5.99. The minimum atomic E-state index is -0.337. The number of amides is 1. The van der Waals surface area contributed by atoms with Gasteiger partial charge in [-0.05, 0) is 29.8 Å². The summed E-state index contributed by atoms with van der Waals surface area (Å²) in [5, 5.41) is 2.70. The Hall–Kier alpha value is -2.27. The van der Waals surface area contributed by atoms with Crippen molar-refractivity contribution in [3.8, 4) is 0 Å². The molecule has 0 atom stereocenters. The molecule has 5 heteroatoms. The number of halogens is 1. The van der Waals surface area contributed by atoms with Gasteiger partial charge in [0.2, 0.25) is 5.91 Å². The van der Waals surface area contributed by atoms with Gasteiger partial charge in [-0.15, -0.1) is 0 Å². The largest absolute Gasteiger partial charge is 0.389 e. The van der Waals surface area contributed by atoms with Gasteiger partial charge < -0.3 is 11.1 Å². The summed E-state index contributed by atoms with van der Waals surface area (Å²) in [7, 11) is 0. The van der Waals surface area contributed by atoms with Crippen LogP contribution in [0.15, 0.2) is 48.5 Å². The number of rotatable bonds is 4. The average Bonchev–Trinajstić information content (AvgIpc) is 2.42. The van der Waals surface area contributed by atoms with Crippen molar-refractivity contribution in [1.29, 1.82) is 0 Å². The first kappa shape index (κ1) is 14.1. The molecule has 2 aromatic carbocycles. The summed E-state index contributed by atoms with van der Waals surface area (Å²) in [6.45, 7) is 0. The van der Waals surface area contributed by atoms with E-state index in [-0.39, 0.29) is 18.1 Å². The van der Waals surface area contributed by atoms with Gasteiger partial charge in [-0.3, -0.25) is 4.79 Å². The van der Waals surface area contributed by atoms with Crippen LogP contribution in [-0.2, 0) is 11.2 Å². The van der Waals surface area contributed by atoms with Gasteiger partial charge in [-0.1, -0.05) is 36.5 Å². The van der Waals surface area contributed by atoms with Gasteiger partial charge >= 0.3 is 0 Å². The van der Waals surface area contributed by atoms with E-state index in [4.69, 9.17) is 18.0 Å². The van der Waals surface area contributed by atoms with Crippen LogP contribution in [0.3, 0.4) is 0 Å². The summed E-state index contributed by atoms with van der Waals surface area (Å²) in [5.41, 5.74) is 7.68. The molecule has 0 bridgehead atoms. The van der Waals surface area contributed by atoms with Crippen LogP contribution in [0.5, 0.6) is 0 Å². The molecule has 0 heterocycles. The number of thiocarbonyl (C=S) groups is 1. The summed E-state index contributed by atoms with van der Waals surface area (Å²) in [6.07, 6.45) is 0.231. The Morgan fingerprint density at radius 2 is 1.70 bits per heavy atom. The first-order chi connectivity index (χ1) is 9.54. The SMILES string of the molecule is NC(=S)c1ccc(CC(=O)Nc2ccc(F)cc2)cc1. The van der Waals surface area contributed by atoms with Crippen LogP contribution in [0.25, 0.3) is 0 Å². The third kappa shape index (κ3) is 3.86. The summed E-state index contributed by atoms with van der Waals surface area (Å²) in [6, 6.07) is 12.8. The fourth-order valence-corrected chi connectivity index (χ4v) is 1.85. The molecule has 0 aromatic heterocycles. The van der Waals surface area contributed by atoms with Crippen molar-refractivity contribution in [3.63, 3.8) is 0 Å². The van der Waals surface area contributed by atoms with Crippen LogP contribution >= 0.6 is 12.2 Å². The first-order valence-corrected chi connectivity index (χ1v) is 6.39. The smallest absolute Gasteiger partial charge is 0.228 e. The van der Waals surface area contributed by atoms with E-state index < -0.39 is 0 Å². The molecule has 0 aliphatic heterocycles. The highest BCUT2D eigenvalue weighted by atomic mass is 32.1. The van der Waals surface area contributed by atoms with Crippen LogP contribution in [0.1, 0.15) is 11.1 Å². The van der Waals surface area contributed by atoms with Crippen molar-refractivity contribution in [3.05, 3.63) is 65.5 Å². The molecule has 3 nitrogen and oxygen atoms in total. The normalized spacial score (nSPS) is 10.1. The lowest BCUT2D eigenvalue weighted by molar-refractivity contribution is -0.115. The lowest BCUT2D eigenvalue weighted by Gasteiger charge is -2.06. The molecule has 3 N–H and O–H groups in total. The van der Waals surface area contributed by atoms with Crippen molar-refractivity contribution in [2.24, 2.45) is 5.73 Å². The summed E-state index contributed by atoms with van der Waals surface area (Å²) in [5.74, 6) is -0.504. The third-order valence-corrected chi connectivity index (χ3v) is 2.97. The van der Waals surface area contributed by atoms with Gasteiger partial charge in [-0.25, -0.2) is 4.39 Å². The molecule has 1 amide bonds. The molecular weight excluding hydrogens is 275 g/mol. The minimum Gasteiger partial charge on any atom is -0.389 e. The Bertz CT molecular complexity index is 623. The predicted octanol–water partition coefficient (Wildman–Crippen LogP) is 2.64. The second kappa shape index (κ2) is 6.25. The van der Waals surface area contributed by atoms with Crippen molar-refractivity contribution >= 4 is 28.8 Å². The standard InChI is InChI=1S/C15H13FN2OS/c16-12-5-7-13(8-6-12)18-14(19)9-10-1-3-11(4-2-10)15(17)20/h1-8H,9H2,(H2,17,20)(H,18,19). The Balaban J connectivity index is 1.97. The number of carbonyl (C=O) groups is 1. The Labute approximate surface area is 121 Å². The Morgan fingerprint density at radius 1 is 1.10 bits per heavy atom. The van der Waals surface area contributed by atoms with E-state index in [2.05, 4.69) is 5.32 Å². The van der Waals surface area contributed by atoms with E-state index in [0.29, 0.717) is 10.7 Å². The topological polar surface area (TPSA) is 55.1 Å². The third-order valence-electron chi connectivity index (χ3n) is 2.73. The number of benzene rings is 2. The van der Waals surface area contributed by atoms with Crippen molar-refractivity contribution in [2.75, 3.05) is 5.32 Å². The zero-order valence-corrected chi connectivity index (χ0v) is 11.4. The highest BCUT2D eigenvalue weighted by molar-refractivity contribution is 7.80. The molecule has 0 aliphatic carbocycles. The van der Waals surface area contributed by atoms with Gasteiger partial charge in [0.15, 0.2) is 0 Å². The van der Waals surface area contributed by atoms with Crippen molar-refractivity contribution in [2.45, 2.75) is 6.42 Å². The molecule has 0 aliphatic rings. The Morgan fingerprint density at radius 3 is 2.25 bits per heavy atom. The maximum Gasteiger partial charge on any atom is 0.228 e. The summed E-state index contributed by atoms with van der Waals surface area (Å²) in [4.78, 5) is 12.2. The fourth-order valence-electron chi connectivity index (χ4n) is 1.71. The van der Waals surface area contributed by atoms with Gasteiger partial charge in [0, 0.05) is 11.3 Å². The van der Waals surface area contributed by atoms with E-state index in [1.54, 1.807) is 24.3 Å². The van der Waals surface area contributed by atoms with Crippen LogP contribution < -0.4 is 11.1 Å². The number of anilines is 1.